The van der Waals surface area contributed by atoms with Gasteiger partial charge in [-0.25, -0.2) is 0 Å². The Morgan fingerprint density at radius 3 is 2.18 bits per heavy atom. The van der Waals surface area contributed by atoms with E-state index in [0.29, 0.717) is 21.7 Å². The molecule has 5 saturated carbocycles. The van der Waals surface area contributed by atoms with Crippen molar-refractivity contribution in [3.63, 3.8) is 0 Å². The largest absolute Gasteiger partial charge is 0.393 e. The van der Waals surface area contributed by atoms with E-state index in [0.717, 1.165) is 30.1 Å². The molecule has 0 heterocycles. The predicted molar refractivity (Wildman–Crippen MR) is 140 cm³/mol. The van der Waals surface area contributed by atoms with E-state index in [4.69, 9.17) is 0 Å². The molecule has 0 aromatic carbocycles. The van der Waals surface area contributed by atoms with Gasteiger partial charge in [0.2, 0.25) is 0 Å². The van der Waals surface area contributed by atoms with Crippen molar-refractivity contribution in [3.8, 4) is 0 Å². The third-order valence-electron chi connectivity index (χ3n) is 13.8. The molecule has 1 nitrogen and oxygen atoms in total. The Morgan fingerprint density at radius 1 is 0.879 bits per heavy atom. The molecular formula is C32H54O. The maximum absolute atomic E-state index is 10.9. The average Bonchev–Trinajstić information content (AvgIpc) is 3.31. The zero-order valence-electron chi connectivity index (χ0n) is 23.3. The molecule has 0 radical (unpaired) electrons. The van der Waals surface area contributed by atoms with E-state index in [1.165, 1.54) is 69.8 Å². The minimum Gasteiger partial charge on any atom is -0.393 e. The van der Waals surface area contributed by atoms with Crippen molar-refractivity contribution in [1.82, 2.24) is 0 Å². The van der Waals surface area contributed by atoms with E-state index < -0.39 is 0 Å². The first-order valence-corrected chi connectivity index (χ1v) is 14.5. The summed E-state index contributed by atoms with van der Waals surface area (Å²) < 4.78 is 0. The summed E-state index contributed by atoms with van der Waals surface area (Å²) in [5, 5.41) is 10.9. The lowest BCUT2D eigenvalue weighted by molar-refractivity contribution is -0.161. The van der Waals surface area contributed by atoms with Gasteiger partial charge in [-0.05, 0) is 127 Å². The Balaban J connectivity index is 1.37. The third-order valence-corrected chi connectivity index (χ3v) is 13.8. The summed E-state index contributed by atoms with van der Waals surface area (Å²) in [4.78, 5) is 0. The van der Waals surface area contributed by atoms with Gasteiger partial charge in [0.05, 0.1) is 6.10 Å². The summed E-state index contributed by atoms with van der Waals surface area (Å²) in [7, 11) is 0. The van der Waals surface area contributed by atoms with Gasteiger partial charge in [-0.1, -0.05) is 67.5 Å². The van der Waals surface area contributed by atoms with Crippen molar-refractivity contribution in [2.24, 2.45) is 56.2 Å². The standard InChI is InChI=1S/C32H54O/c1-21(10-11-22(2)27(3,4)5)23-14-16-30(9)25-13-12-24-28(6,7)26(33)15-17-31(24)20-32(25,31)19-18-29(23,30)8/h21,23-26,33H,2,10-20H2,1,3-9H3/t21-,23-,24+,25-,26+,29-,30+,31-,32+/m1/s1. The SMILES string of the molecule is C=C(CC[C@@H](C)[C@H]1CC[C@@]2(C)[C@H]3CC[C@H]4C(C)(C)[C@@H](O)CC[C@@]45C[C@@]35CC[C@]12C)C(C)(C)C. The first-order chi connectivity index (χ1) is 15.2. The molecule has 0 saturated heterocycles. The van der Waals surface area contributed by atoms with E-state index >= 15 is 0 Å². The molecule has 1 heteroatoms. The molecule has 33 heavy (non-hydrogen) atoms. The van der Waals surface area contributed by atoms with Crippen molar-refractivity contribution in [3.05, 3.63) is 12.2 Å². The lowest BCUT2D eigenvalue weighted by atomic mass is 9.41. The van der Waals surface area contributed by atoms with E-state index in [1.807, 2.05) is 0 Å². The second-order valence-electron chi connectivity index (χ2n) is 15.9. The molecule has 0 aromatic rings. The van der Waals surface area contributed by atoms with Gasteiger partial charge in [-0.15, -0.1) is 0 Å². The van der Waals surface area contributed by atoms with Crippen molar-refractivity contribution >= 4 is 0 Å². The van der Waals surface area contributed by atoms with E-state index in [2.05, 4.69) is 62.0 Å². The number of aliphatic hydroxyl groups is 1. The van der Waals surface area contributed by atoms with Crippen LogP contribution < -0.4 is 0 Å². The van der Waals surface area contributed by atoms with Crippen molar-refractivity contribution in [2.75, 3.05) is 0 Å². The molecule has 0 aromatic heterocycles. The highest BCUT2D eigenvalue weighted by Gasteiger charge is 2.82. The topological polar surface area (TPSA) is 20.2 Å². The van der Waals surface area contributed by atoms with Crippen LogP contribution in [0.15, 0.2) is 12.2 Å². The zero-order valence-corrected chi connectivity index (χ0v) is 23.3. The normalized spacial score (nSPS) is 51.1. The maximum atomic E-state index is 10.9. The number of hydrogen-bond donors (Lipinski definition) is 1. The summed E-state index contributed by atoms with van der Waals surface area (Å²) in [5.41, 5.74) is 3.98. The van der Waals surface area contributed by atoms with Crippen LogP contribution in [0.2, 0.25) is 0 Å². The van der Waals surface area contributed by atoms with E-state index in [1.54, 1.807) is 0 Å². The smallest absolute Gasteiger partial charge is 0.0594 e. The molecule has 188 valence electrons. The first kappa shape index (κ1) is 24.4. The van der Waals surface area contributed by atoms with Gasteiger partial charge < -0.3 is 5.11 Å². The number of rotatable bonds is 4. The molecule has 5 aliphatic carbocycles. The monoisotopic (exact) mass is 454 g/mol. The lowest BCUT2D eigenvalue weighted by Gasteiger charge is -2.63. The van der Waals surface area contributed by atoms with Crippen LogP contribution in [0.1, 0.15) is 126 Å². The predicted octanol–water partition coefficient (Wildman–Crippen LogP) is 8.81. The highest BCUT2D eigenvalue weighted by atomic mass is 16.3. The average molecular weight is 455 g/mol. The summed E-state index contributed by atoms with van der Waals surface area (Å²) >= 11 is 0. The number of hydrogen-bond acceptors (Lipinski definition) is 1. The molecule has 5 aliphatic rings. The summed E-state index contributed by atoms with van der Waals surface area (Å²) in [6.07, 6.45) is 14.9. The molecule has 0 unspecified atom stereocenters. The fourth-order valence-electron chi connectivity index (χ4n) is 11.3. The van der Waals surface area contributed by atoms with Gasteiger partial charge in [0.15, 0.2) is 0 Å². The van der Waals surface area contributed by atoms with Crippen LogP contribution in [0.5, 0.6) is 0 Å². The van der Waals surface area contributed by atoms with Crippen molar-refractivity contribution < 1.29 is 5.11 Å². The Bertz CT molecular complexity index is 817. The van der Waals surface area contributed by atoms with Crippen LogP contribution in [0.25, 0.3) is 0 Å². The highest BCUT2D eigenvalue weighted by Crippen LogP contribution is 2.89. The number of fused-ring (bicyclic) bond motifs is 2. The maximum Gasteiger partial charge on any atom is 0.0594 e. The fourth-order valence-corrected chi connectivity index (χ4v) is 11.3. The highest BCUT2D eigenvalue weighted by molar-refractivity contribution is 5.30. The molecule has 5 fully saturated rings. The molecule has 9 atom stereocenters. The van der Waals surface area contributed by atoms with Crippen LogP contribution in [-0.2, 0) is 0 Å². The van der Waals surface area contributed by atoms with Crippen LogP contribution in [0.4, 0.5) is 0 Å². The van der Waals surface area contributed by atoms with Gasteiger partial charge in [-0.2, -0.15) is 0 Å². The van der Waals surface area contributed by atoms with Gasteiger partial charge in [0.25, 0.3) is 0 Å². The minimum absolute atomic E-state index is 0.0914. The van der Waals surface area contributed by atoms with Crippen molar-refractivity contribution in [1.29, 1.82) is 0 Å². The molecule has 5 rings (SSSR count). The Labute approximate surface area is 205 Å². The van der Waals surface area contributed by atoms with Crippen LogP contribution in [0.3, 0.4) is 0 Å². The Kier molecular flexibility index (Phi) is 5.28. The molecule has 1 N–H and O–H groups in total. The minimum atomic E-state index is -0.0914. The quantitative estimate of drug-likeness (QED) is 0.421. The molecule has 2 spiro atoms. The van der Waals surface area contributed by atoms with Crippen LogP contribution in [-0.4, -0.2) is 11.2 Å². The Hall–Kier alpha value is -0.300. The van der Waals surface area contributed by atoms with Crippen molar-refractivity contribution in [2.45, 2.75) is 132 Å². The molecular weight excluding hydrogens is 400 g/mol. The molecule has 0 amide bonds. The van der Waals surface area contributed by atoms with Gasteiger partial charge in [0.1, 0.15) is 0 Å². The summed E-state index contributed by atoms with van der Waals surface area (Å²) in [6.45, 7) is 24.2. The first-order valence-electron chi connectivity index (χ1n) is 14.5. The summed E-state index contributed by atoms with van der Waals surface area (Å²) in [6, 6.07) is 0. The van der Waals surface area contributed by atoms with Gasteiger partial charge in [-0.3, -0.25) is 0 Å². The second kappa shape index (κ2) is 7.14. The Morgan fingerprint density at radius 2 is 1.52 bits per heavy atom. The number of allylic oxidation sites excluding steroid dienone is 1. The zero-order chi connectivity index (χ0) is 24.2. The van der Waals surface area contributed by atoms with E-state index in [9.17, 15) is 5.11 Å². The van der Waals surface area contributed by atoms with Crippen LogP contribution in [0, 0.1) is 56.2 Å². The lowest BCUT2D eigenvalue weighted by Crippen LogP contribution is -2.57. The molecule has 0 aliphatic heterocycles. The number of aliphatic hydroxyl groups excluding tert-OH is 1. The fraction of sp³-hybridized carbons (Fsp3) is 0.938. The van der Waals surface area contributed by atoms with Crippen LogP contribution >= 0.6 is 0 Å². The molecule has 0 bridgehead atoms. The third kappa shape index (κ3) is 2.99. The summed E-state index contributed by atoms with van der Waals surface area (Å²) in [5.74, 6) is 3.35. The van der Waals surface area contributed by atoms with E-state index in [-0.39, 0.29) is 16.9 Å². The second-order valence-corrected chi connectivity index (χ2v) is 15.9. The van der Waals surface area contributed by atoms with Gasteiger partial charge in [0, 0.05) is 0 Å². The van der Waals surface area contributed by atoms with Gasteiger partial charge >= 0.3 is 0 Å².